The van der Waals surface area contributed by atoms with Gasteiger partial charge in [0.1, 0.15) is 11.6 Å². The van der Waals surface area contributed by atoms with E-state index in [-0.39, 0.29) is 11.7 Å². The summed E-state index contributed by atoms with van der Waals surface area (Å²) in [6, 6.07) is 6.14. The second-order valence-corrected chi connectivity index (χ2v) is 5.17. The minimum absolute atomic E-state index is 0.237. The first-order chi connectivity index (χ1) is 8.47. The fourth-order valence-electron chi connectivity index (χ4n) is 1.57. The lowest BCUT2D eigenvalue weighted by atomic mass is 10.1. The van der Waals surface area contributed by atoms with Crippen molar-refractivity contribution in [1.82, 2.24) is 9.97 Å². The van der Waals surface area contributed by atoms with Gasteiger partial charge in [-0.1, -0.05) is 29.8 Å². The molecular weight excluding hydrogens is 297 g/mol. The lowest BCUT2D eigenvalue weighted by Crippen LogP contribution is -2.02. The van der Waals surface area contributed by atoms with Crippen LogP contribution in [0.15, 0.2) is 28.7 Å². The highest BCUT2D eigenvalue weighted by Crippen LogP contribution is 2.28. The third kappa shape index (κ3) is 2.67. The molecule has 0 aliphatic carbocycles. The van der Waals surface area contributed by atoms with Crippen LogP contribution in [0.1, 0.15) is 25.5 Å². The van der Waals surface area contributed by atoms with Gasteiger partial charge in [0.25, 0.3) is 0 Å². The third-order valence-electron chi connectivity index (χ3n) is 2.53. The number of aromatic nitrogens is 2. The van der Waals surface area contributed by atoms with Crippen LogP contribution < -0.4 is 5.73 Å². The van der Waals surface area contributed by atoms with Crippen molar-refractivity contribution < 1.29 is 4.39 Å². The zero-order valence-electron chi connectivity index (χ0n) is 10.1. The number of nitrogens with two attached hydrogens (primary N) is 1. The number of nitrogen functional groups attached to an aromatic ring is 1. The van der Waals surface area contributed by atoms with E-state index in [9.17, 15) is 4.39 Å². The molecule has 2 rings (SSSR count). The molecule has 3 nitrogen and oxygen atoms in total. The Morgan fingerprint density at radius 1 is 1.22 bits per heavy atom. The summed E-state index contributed by atoms with van der Waals surface area (Å²) in [7, 11) is 0. The first kappa shape index (κ1) is 13.0. The molecular formula is C13H13BrFN3. The Balaban J connectivity index is 2.60. The van der Waals surface area contributed by atoms with Gasteiger partial charge in [-0.25, -0.2) is 14.4 Å². The molecule has 1 aromatic carbocycles. The molecule has 1 aromatic heterocycles. The lowest BCUT2D eigenvalue weighted by Gasteiger charge is -2.09. The number of hydrogen-bond acceptors (Lipinski definition) is 3. The van der Waals surface area contributed by atoms with Crippen LogP contribution in [0.4, 0.5) is 10.2 Å². The molecule has 0 bridgehead atoms. The summed E-state index contributed by atoms with van der Waals surface area (Å²) < 4.78 is 14.0. The van der Waals surface area contributed by atoms with Gasteiger partial charge >= 0.3 is 0 Å². The first-order valence-corrected chi connectivity index (χ1v) is 6.36. The summed E-state index contributed by atoms with van der Waals surface area (Å²) in [6.07, 6.45) is 0. The van der Waals surface area contributed by atoms with Crippen LogP contribution >= 0.6 is 15.9 Å². The highest BCUT2D eigenvalue weighted by Gasteiger charge is 2.11. The summed E-state index contributed by atoms with van der Waals surface area (Å²) >= 11 is 3.37. The van der Waals surface area contributed by atoms with Crippen molar-refractivity contribution in [1.29, 1.82) is 0 Å². The van der Waals surface area contributed by atoms with Crippen molar-refractivity contribution in [2.24, 2.45) is 0 Å². The Hall–Kier alpha value is -1.49. The van der Waals surface area contributed by atoms with E-state index in [1.54, 1.807) is 12.1 Å². The van der Waals surface area contributed by atoms with E-state index in [2.05, 4.69) is 25.9 Å². The maximum atomic E-state index is 13.3. The van der Waals surface area contributed by atoms with Crippen molar-refractivity contribution in [3.05, 3.63) is 40.2 Å². The molecule has 0 radical (unpaired) electrons. The van der Waals surface area contributed by atoms with Gasteiger partial charge in [0.05, 0.1) is 0 Å². The van der Waals surface area contributed by atoms with Crippen LogP contribution in [0.2, 0.25) is 0 Å². The third-order valence-corrected chi connectivity index (χ3v) is 3.22. The zero-order valence-corrected chi connectivity index (χ0v) is 11.7. The molecule has 94 valence electrons. The van der Waals surface area contributed by atoms with E-state index < -0.39 is 0 Å². The number of benzene rings is 1. The molecule has 18 heavy (non-hydrogen) atoms. The SMILES string of the molecule is CC(C)c1cc(N)nc(-c2cc(F)ccc2Br)n1. The molecule has 2 N–H and O–H groups in total. The predicted molar refractivity (Wildman–Crippen MR) is 73.6 cm³/mol. The highest BCUT2D eigenvalue weighted by molar-refractivity contribution is 9.10. The van der Waals surface area contributed by atoms with Crippen LogP contribution in [-0.4, -0.2) is 9.97 Å². The Bertz CT molecular complexity index is 584. The standard InChI is InChI=1S/C13H13BrFN3/c1-7(2)11-6-12(16)18-13(17-11)9-5-8(15)3-4-10(9)14/h3-7H,1-2H3,(H2,16,17,18). The van der Waals surface area contributed by atoms with Gasteiger partial charge in [-0.2, -0.15) is 0 Å². The molecule has 0 saturated heterocycles. The van der Waals surface area contributed by atoms with Gasteiger partial charge in [0.15, 0.2) is 5.82 Å². The van der Waals surface area contributed by atoms with Gasteiger partial charge in [0, 0.05) is 21.8 Å². The zero-order chi connectivity index (χ0) is 13.3. The number of rotatable bonds is 2. The molecule has 0 amide bonds. The Labute approximate surface area is 113 Å². The van der Waals surface area contributed by atoms with Crippen molar-refractivity contribution >= 4 is 21.7 Å². The molecule has 0 fully saturated rings. The van der Waals surface area contributed by atoms with E-state index >= 15 is 0 Å². The summed E-state index contributed by atoms with van der Waals surface area (Å²) in [6.45, 7) is 4.04. The van der Waals surface area contributed by atoms with Crippen molar-refractivity contribution in [2.75, 3.05) is 5.73 Å². The van der Waals surface area contributed by atoms with Crippen LogP contribution in [0, 0.1) is 5.82 Å². The molecule has 0 aliphatic heterocycles. The summed E-state index contributed by atoms with van der Waals surface area (Å²) in [5.74, 6) is 0.733. The first-order valence-electron chi connectivity index (χ1n) is 5.57. The van der Waals surface area contributed by atoms with E-state index in [1.807, 2.05) is 13.8 Å². The number of anilines is 1. The maximum absolute atomic E-state index is 13.3. The molecule has 5 heteroatoms. The Morgan fingerprint density at radius 2 is 1.94 bits per heavy atom. The van der Waals surface area contributed by atoms with Gasteiger partial charge in [-0.3, -0.25) is 0 Å². The molecule has 0 spiro atoms. The topological polar surface area (TPSA) is 51.8 Å². The molecule has 0 unspecified atom stereocenters. The Morgan fingerprint density at radius 3 is 2.61 bits per heavy atom. The smallest absolute Gasteiger partial charge is 0.163 e. The molecule has 1 heterocycles. The van der Waals surface area contributed by atoms with Crippen LogP contribution in [0.25, 0.3) is 11.4 Å². The average molecular weight is 310 g/mol. The maximum Gasteiger partial charge on any atom is 0.163 e. The molecule has 0 aliphatic rings. The van der Waals surface area contributed by atoms with Gasteiger partial charge < -0.3 is 5.73 Å². The van der Waals surface area contributed by atoms with Crippen LogP contribution in [0.3, 0.4) is 0 Å². The summed E-state index contributed by atoms with van der Waals surface area (Å²) in [5, 5.41) is 0. The number of hydrogen-bond donors (Lipinski definition) is 1. The van der Waals surface area contributed by atoms with Crippen molar-refractivity contribution in [3.63, 3.8) is 0 Å². The van der Waals surface area contributed by atoms with Gasteiger partial charge in [-0.15, -0.1) is 0 Å². The van der Waals surface area contributed by atoms with E-state index in [4.69, 9.17) is 5.73 Å². The fourth-order valence-corrected chi connectivity index (χ4v) is 1.99. The highest BCUT2D eigenvalue weighted by atomic mass is 79.9. The van der Waals surface area contributed by atoms with Gasteiger partial charge in [0.2, 0.25) is 0 Å². The van der Waals surface area contributed by atoms with Crippen molar-refractivity contribution in [2.45, 2.75) is 19.8 Å². The molecule has 0 saturated carbocycles. The number of nitrogens with zero attached hydrogens (tertiary/aromatic N) is 2. The summed E-state index contributed by atoms with van der Waals surface area (Å²) in [4.78, 5) is 8.58. The second kappa shape index (κ2) is 5.02. The number of halogens is 2. The van der Waals surface area contributed by atoms with Crippen LogP contribution in [0.5, 0.6) is 0 Å². The van der Waals surface area contributed by atoms with E-state index in [1.165, 1.54) is 12.1 Å². The van der Waals surface area contributed by atoms with Crippen molar-refractivity contribution in [3.8, 4) is 11.4 Å². The minimum Gasteiger partial charge on any atom is -0.384 e. The van der Waals surface area contributed by atoms with E-state index in [0.717, 1.165) is 10.2 Å². The minimum atomic E-state index is -0.328. The molecule has 0 atom stereocenters. The van der Waals surface area contributed by atoms with E-state index in [0.29, 0.717) is 17.2 Å². The predicted octanol–water partition coefficient (Wildman–Crippen LogP) is 3.75. The quantitative estimate of drug-likeness (QED) is 0.919. The Kier molecular flexibility index (Phi) is 3.61. The average Bonchev–Trinajstić information content (AvgIpc) is 2.31. The monoisotopic (exact) mass is 309 g/mol. The van der Waals surface area contributed by atoms with Gasteiger partial charge in [-0.05, 0) is 24.1 Å². The molecule has 2 aromatic rings. The lowest BCUT2D eigenvalue weighted by molar-refractivity contribution is 0.628. The summed E-state index contributed by atoms with van der Waals surface area (Å²) in [5.41, 5.74) is 7.20. The fraction of sp³-hybridized carbons (Fsp3) is 0.231. The second-order valence-electron chi connectivity index (χ2n) is 4.32. The largest absolute Gasteiger partial charge is 0.384 e. The van der Waals surface area contributed by atoms with Crippen LogP contribution in [-0.2, 0) is 0 Å². The normalized spacial score (nSPS) is 10.9.